The first-order valence-electron chi connectivity index (χ1n) is 12.4. The van der Waals surface area contributed by atoms with E-state index in [-0.39, 0.29) is 23.9 Å². The molecule has 10 heteroatoms. The zero-order chi connectivity index (χ0) is 26.8. The van der Waals surface area contributed by atoms with Gasteiger partial charge in [0.1, 0.15) is 34.0 Å². The van der Waals surface area contributed by atoms with Crippen molar-refractivity contribution in [2.24, 2.45) is 0 Å². The van der Waals surface area contributed by atoms with Gasteiger partial charge in [-0.05, 0) is 38.8 Å². The van der Waals surface area contributed by atoms with Gasteiger partial charge < -0.3 is 19.7 Å². The van der Waals surface area contributed by atoms with E-state index < -0.39 is 0 Å². The third-order valence-corrected chi connectivity index (χ3v) is 7.50. The molecule has 2 amide bonds. The van der Waals surface area contributed by atoms with Gasteiger partial charge in [0.15, 0.2) is 0 Å². The van der Waals surface area contributed by atoms with Crippen LogP contribution in [-0.4, -0.2) is 34.2 Å². The minimum atomic E-state index is -0.331. The third-order valence-electron chi connectivity index (χ3n) is 6.84. The van der Waals surface area contributed by atoms with Gasteiger partial charge in [-0.25, -0.2) is 0 Å². The van der Waals surface area contributed by atoms with Crippen molar-refractivity contribution >= 4 is 35.0 Å². The number of aryl methyl sites for hydroxylation is 2. The molecule has 1 aliphatic rings. The monoisotopic (exact) mass is 552 g/mol. The van der Waals surface area contributed by atoms with Crippen LogP contribution in [-0.2, 0) is 0 Å². The fraction of sp³-hybridized carbons (Fsp3) is 0.286. The lowest BCUT2D eigenvalue weighted by atomic mass is 9.89. The number of carbonyl (C=O) groups excluding carboxylic acids is 2. The molecule has 0 saturated heterocycles. The molecule has 5 rings (SSSR count). The highest BCUT2D eigenvalue weighted by Crippen LogP contribution is 2.33. The van der Waals surface area contributed by atoms with Crippen molar-refractivity contribution in [2.75, 3.05) is 0 Å². The lowest BCUT2D eigenvalue weighted by Crippen LogP contribution is -2.53. The third kappa shape index (κ3) is 5.06. The summed E-state index contributed by atoms with van der Waals surface area (Å²) in [7, 11) is 0. The molecular formula is C28H26Cl2N4O4. The molecule has 2 atom stereocenters. The van der Waals surface area contributed by atoms with E-state index in [4.69, 9.17) is 32.2 Å². The van der Waals surface area contributed by atoms with Crippen molar-refractivity contribution in [2.45, 2.75) is 51.6 Å². The summed E-state index contributed by atoms with van der Waals surface area (Å²) in [4.78, 5) is 27.0. The van der Waals surface area contributed by atoms with Crippen molar-refractivity contribution in [3.8, 4) is 22.5 Å². The smallest absolute Gasteiger partial charge is 0.257 e. The maximum absolute atomic E-state index is 13.5. The van der Waals surface area contributed by atoms with Crippen molar-refractivity contribution in [1.29, 1.82) is 0 Å². The molecule has 0 bridgehead atoms. The number of hydrogen-bond donors (Lipinski definition) is 2. The molecule has 2 N–H and O–H groups in total. The van der Waals surface area contributed by atoms with Crippen LogP contribution in [0.3, 0.4) is 0 Å². The Morgan fingerprint density at radius 1 is 0.737 bits per heavy atom. The predicted octanol–water partition coefficient (Wildman–Crippen LogP) is 6.39. The highest BCUT2D eigenvalue weighted by atomic mass is 35.5. The topological polar surface area (TPSA) is 110 Å². The molecule has 2 unspecified atom stereocenters. The second-order valence-electron chi connectivity index (χ2n) is 9.33. The molecule has 4 aromatic rings. The number of aromatic nitrogens is 2. The van der Waals surface area contributed by atoms with E-state index in [0.717, 1.165) is 12.8 Å². The summed E-state index contributed by atoms with van der Waals surface area (Å²) in [5.74, 6) is 0.113. The van der Waals surface area contributed by atoms with Crippen LogP contribution in [0.15, 0.2) is 57.6 Å². The normalized spacial score (nSPS) is 17.3. The highest BCUT2D eigenvalue weighted by Gasteiger charge is 2.33. The van der Waals surface area contributed by atoms with Crippen LogP contribution in [0.5, 0.6) is 0 Å². The van der Waals surface area contributed by atoms with Gasteiger partial charge in [0.25, 0.3) is 11.8 Å². The van der Waals surface area contributed by atoms with E-state index in [2.05, 4.69) is 20.9 Å². The number of nitrogens with zero attached hydrogens (tertiary/aromatic N) is 2. The number of halogens is 2. The van der Waals surface area contributed by atoms with E-state index in [1.165, 1.54) is 0 Å². The summed E-state index contributed by atoms with van der Waals surface area (Å²) >= 11 is 12.7. The van der Waals surface area contributed by atoms with Gasteiger partial charge in [0.2, 0.25) is 0 Å². The Balaban J connectivity index is 1.37. The first-order chi connectivity index (χ1) is 18.3. The van der Waals surface area contributed by atoms with Crippen LogP contribution in [0, 0.1) is 13.8 Å². The first-order valence-corrected chi connectivity index (χ1v) is 13.1. The fourth-order valence-electron chi connectivity index (χ4n) is 4.91. The number of rotatable bonds is 6. The average Bonchev–Trinajstić information content (AvgIpc) is 3.48. The van der Waals surface area contributed by atoms with Crippen molar-refractivity contribution < 1.29 is 18.6 Å². The Hall–Kier alpha value is -3.62. The molecule has 0 aliphatic heterocycles. The van der Waals surface area contributed by atoms with Crippen LogP contribution in [0.2, 0.25) is 10.0 Å². The molecule has 0 spiro atoms. The van der Waals surface area contributed by atoms with E-state index in [9.17, 15) is 9.59 Å². The molecule has 8 nitrogen and oxygen atoms in total. The molecule has 196 valence electrons. The molecule has 38 heavy (non-hydrogen) atoms. The SMILES string of the molecule is Cc1onc(-c2ccccc2Cl)c1C(=O)NC1CCCCC1NC(=O)c1c(-c2ccccc2Cl)noc1C. The number of amides is 2. The Morgan fingerprint density at radius 3 is 1.53 bits per heavy atom. The number of benzene rings is 2. The van der Waals surface area contributed by atoms with E-state index in [0.29, 0.717) is 68.0 Å². The molecule has 2 heterocycles. The van der Waals surface area contributed by atoms with Gasteiger partial charge in [-0.2, -0.15) is 0 Å². The van der Waals surface area contributed by atoms with Crippen molar-refractivity contribution in [3.05, 3.63) is 81.2 Å². The summed E-state index contributed by atoms with van der Waals surface area (Å²) in [6.07, 6.45) is 3.27. The first kappa shape index (κ1) is 26.0. The van der Waals surface area contributed by atoms with Crippen LogP contribution < -0.4 is 10.6 Å². The molecule has 1 saturated carbocycles. The van der Waals surface area contributed by atoms with Crippen LogP contribution >= 0.6 is 23.2 Å². The minimum absolute atomic E-state index is 0.294. The zero-order valence-electron chi connectivity index (χ0n) is 20.9. The van der Waals surface area contributed by atoms with Gasteiger partial charge in [0, 0.05) is 23.2 Å². The highest BCUT2D eigenvalue weighted by molar-refractivity contribution is 6.33. The van der Waals surface area contributed by atoms with Gasteiger partial charge in [0.05, 0.1) is 10.0 Å². The molecule has 1 aliphatic carbocycles. The quantitative estimate of drug-likeness (QED) is 0.286. The Bertz CT molecular complexity index is 1380. The molecule has 2 aromatic carbocycles. The molecule has 1 fully saturated rings. The summed E-state index contributed by atoms with van der Waals surface area (Å²) in [5.41, 5.74) is 2.63. The number of carbonyl (C=O) groups is 2. The lowest BCUT2D eigenvalue weighted by Gasteiger charge is -2.32. The van der Waals surface area contributed by atoms with E-state index in [1.807, 2.05) is 24.3 Å². The van der Waals surface area contributed by atoms with Crippen LogP contribution in [0.25, 0.3) is 22.5 Å². The zero-order valence-corrected chi connectivity index (χ0v) is 22.4. The lowest BCUT2D eigenvalue weighted by molar-refractivity contribution is 0.0861. The van der Waals surface area contributed by atoms with Crippen molar-refractivity contribution in [3.63, 3.8) is 0 Å². The minimum Gasteiger partial charge on any atom is -0.360 e. The summed E-state index contributed by atoms with van der Waals surface area (Å²) in [5, 5.41) is 15.3. The van der Waals surface area contributed by atoms with Gasteiger partial charge >= 0.3 is 0 Å². The molecular weight excluding hydrogens is 527 g/mol. The number of nitrogens with one attached hydrogen (secondary N) is 2. The van der Waals surface area contributed by atoms with Gasteiger partial charge in [-0.1, -0.05) is 82.8 Å². The largest absolute Gasteiger partial charge is 0.360 e. The standard InChI is InChI=1S/C28H26Cl2N4O4/c1-15-23(25(33-37-15)17-9-3-5-11-19(17)29)27(35)31-21-13-7-8-14-22(21)32-28(36)24-16(2)38-34-26(24)18-10-4-6-12-20(18)30/h3-6,9-12,21-22H,7-8,13-14H2,1-2H3,(H,31,35)(H,32,36). The van der Waals surface area contributed by atoms with Crippen LogP contribution in [0.1, 0.15) is 57.9 Å². The Labute approximate surface area is 229 Å². The predicted molar refractivity (Wildman–Crippen MR) is 144 cm³/mol. The summed E-state index contributed by atoms with van der Waals surface area (Å²) in [6.45, 7) is 3.38. The van der Waals surface area contributed by atoms with Gasteiger partial charge in [-0.3, -0.25) is 9.59 Å². The summed E-state index contributed by atoms with van der Waals surface area (Å²) < 4.78 is 10.7. The van der Waals surface area contributed by atoms with Crippen LogP contribution in [0.4, 0.5) is 0 Å². The summed E-state index contributed by atoms with van der Waals surface area (Å²) in [6, 6.07) is 13.7. The van der Waals surface area contributed by atoms with Crippen molar-refractivity contribution in [1.82, 2.24) is 20.9 Å². The number of hydrogen-bond acceptors (Lipinski definition) is 6. The maximum Gasteiger partial charge on any atom is 0.257 e. The second kappa shape index (κ2) is 11.0. The second-order valence-corrected chi connectivity index (χ2v) is 10.1. The van der Waals surface area contributed by atoms with Gasteiger partial charge in [-0.15, -0.1) is 0 Å². The maximum atomic E-state index is 13.5. The van der Waals surface area contributed by atoms with E-state index >= 15 is 0 Å². The molecule has 0 radical (unpaired) electrons. The molecule has 2 aromatic heterocycles. The fourth-order valence-corrected chi connectivity index (χ4v) is 5.36. The Kier molecular flexibility index (Phi) is 7.53. The Morgan fingerprint density at radius 2 is 1.13 bits per heavy atom. The van der Waals surface area contributed by atoms with E-state index in [1.54, 1.807) is 38.1 Å². The average molecular weight is 553 g/mol.